The maximum absolute atomic E-state index is 12.4. The summed E-state index contributed by atoms with van der Waals surface area (Å²) in [6, 6.07) is 25.6. The fourth-order valence-corrected chi connectivity index (χ4v) is 3.78. The first-order chi connectivity index (χ1) is 16.2. The van der Waals surface area contributed by atoms with Gasteiger partial charge in [-0.05, 0) is 48.5 Å². The van der Waals surface area contributed by atoms with Gasteiger partial charge in [0.2, 0.25) is 0 Å². The SMILES string of the molecule is CN1CCN(c2ccccc2CNC(=O)COc2ccc(OCc3ccccc3)cc2)CC1. The first-order valence-corrected chi connectivity index (χ1v) is 11.3. The third kappa shape index (κ3) is 6.73. The van der Waals surface area contributed by atoms with Gasteiger partial charge >= 0.3 is 0 Å². The van der Waals surface area contributed by atoms with Crippen LogP contribution in [0.4, 0.5) is 5.69 Å². The molecule has 1 heterocycles. The number of ether oxygens (including phenoxy) is 2. The number of piperazine rings is 1. The predicted molar refractivity (Wildman–Crippen MR) is 131 cm³/mol. The van der Waals surface area contributed by atoms with Crippen molar-refractivity contribution in [3.8, 4) is 11.5 Å². The number of para-hydroxylation sites is 1. The molecule has 3 aromatic rings. The van der Waals surface area contributed by atoms with E-state index in [9.17, 15) is 4.79 Å². The molecule has 4 rings (SSSR count). The summed E-state index contributed by atoms with van der Waals surface area (Å²) in [5.74, 6) is 1.25. The van der Waals surface area contributed by atoms with Gasteiger partial charge in [0, 0.05) is 38.4 Å². The lowest BCUT2D eigenvalue weighted by Gasteiger charge is -2.35. The van der Waals surface area contributed by atoms with Gasteiger partial charge in [0.25, 0.3) is 5.91 Å². The monoisotopic (exact) mass is 445 g/mol. The van der Waals surface area contributed by atoms with Crippen LogP contribution in [0, 0.1) is 0 Å². The number of hydrogen-bond donors (Lipinski definition) is 1. The molecule has 3 aromatic carbocycles. The summed E-state index contributed by atoms with van der Waals surface area (Å²) < 4.78 is 11.4. The summed E-state index contributed by atoms with van der Waals surface area (Å²) in [4.78, 5) is 17.1. The molecule has 1 amide bonds. The van der Waals surface area contributed by atoms with Crippen molar-refractivity contribution in [3.05, 3.63) is 90.0 Å². The molecule has 1 saturated heterocycles. The van der Waals surface area contributed by atoms with Gasteiger partial charge < -0.3 is 24.6 Å². The first kappa shape index (κ1) is 22.7. The summed E-state index contributed by atoms with van der Waals surface area (Å²) in [6.07, 6.45) is 0. The van der Waals surface area contributed by atoms with E-state index in [2.05, 4.69) is 40.4 Å². The number of benzene rings is 3. The van der Waals surface area contributed by atoms with Crippen molar-refractivity contribution in [2.75, 3.05) is 44.7 Å². The highest BCUT2D eigenvalue weighted by molar-refractivity contribution is 5.77. The molecule has 6 nitrogen and oxygen atoms in total. The van der Waals surface area contributed by atoms with Crippen molar-refractivity contribution in [2.45, 2.75) is 13.2 Å². The average Bonchev–Trinajstić information content (AvgIpc) is 2.87. The van der Waals surface area contributed by atoms with Crippen molar-refractivity contribution in [1.82, 2.24) is 10.2 Å². The maximum Gasteiger partial charge on any atom is 0.258 e. The van der Waals surface area contributed by atoms with Gasteiger partial charge in [0.15, 0.2) is 6.61 Å². The minimum atomic E-state index is -0.146. The zero-order valence-corrected chi connectivity index (χ0v) is 19.1. The van der Waals surface area contributed by atoms with Crippen LogP contribution in [0.3, 0.4) is 0 Å². The van der Waals surface area contributed by atoms with Crippen LogP contribution in [0.2, 0.25) is 0 Å². The van der Waals surface area contributed by atoms with Crippen molar-refractivity contribution in [1.29, 1.82) is 0 Å². The number of anilines is 1. The molecule has 6 heteroatoms. The second-order valence-electron chi connectivity index (χ2n) is 8.23. The van der Waals surface area contributed by atoms with Crippen LogP contribution in [-0.2, 0) is 17.9 Å². The standard InChI is InChI=1S/C27H31N3O3/c1-29-15-17-30(18-16-29)26-10-6-5-9-23(26)19-28-27(31)21-33-25-13-11-24(12-14-25)32-20-22-7-3-2-4-8-22/h2-14H,15-21H2,1H3,(H,28,31). The van der Waals surface area contributed by atoms with E-state index in [1.54, 1.807) is 0 Å². The second kappa shape index (κ2) is 11.4. The Kier molecular flexibility index (Phi) is 7.82. The Labute approximate surface area is 195 Å². The van der Waals surface area contributed by atoms with E-state index in [0.29, 0.717) is 18.9 Å². The Morgan fingerprint density at radius 2 is 1.45 bits per heavy atom. The minimum absolute atomic E-state index is 0.0269. The van der Waals surface area contributed by atoms with Gasteiger partial charge in [-0.25, -0.2) is 0 Å². The van der Waals surface area contributed by atoms with Crippen molar-refractivity contribution >= 4 is 11.6 Å². The number of amides is 1. The Morgan fingerprint density at radius 1 is 0.818 bits per heavy atom. The van der Waals surface area contributed by atoms with Gasteiger partial charge in [-0.3, -0.25) is 4.79 Å². The maximum atomic E-state index is 12.4. The molecule has 0 atom stereocenters. The first-order valence-electron chi connectivity index (χ1n) is 11.3. The quantitative estimate of drug-likeness (QED) is 0.544. The fraction of sp³-hybridized carbons (Fsp3) is 0.296. The van der Waals surface area contributed by atoms with Gasteiger partial charge in [-0.2, -0.15) is 0 Å². The number of likely N-dealkylation sites (N-methyl/N-ethyl adjacent to an activating group) is 1. The smallest absolute Gasteiger partial charge is 0.258 e. The molecule has 0 unspecified atom stereocenters. The number of nitrogens with one attached hydrogen (secondary N) is 1. The van der Waals surface area contributed by atoms with Gasteiger partial charge in [0.05, 0.1) is 0 Å². The molecule has 0 bridgehead atoms. The third-order valence-electron chi connectivity index (χ3n) is 5.75. The Hall–Kier alpha value is -3.51. The van der Waals surface area contributed by atoms with Crippen molar-refractivity contribution in [3.63, 3.8) is 0 Å². The van der Waals surface area contributed by atoms with E-state index < -0.39 is 0 Å². The van der Waals surface area contributed by atoms with E-state index in [1.165, 1.54) is 5.69 Å². The Bertz CT molecular complexity index is 1020. The largest absolute Gasteiger partial charge is 0.489 e. The fourth-order valence-electron chi connectivity index (χ4n) is 3.78. The molecule has 1 aliphatic rings. The number of nitrogens with zero attached hydrogens (tertiary/aromatic N) is 2. The van der Waals surface area contributed by atoms with Crippen LogP contribution in [0.25, 0.3) is 0 Å². The number of carbonyl (C=O) groups is 1. The summed E-state index contributed by atoms with van der Waals surface area (Å²) >= 11 is 0. The zero-order chi connectivity index (χ0) is 22.9. The number of carbonyl (C=O) groups excluding carboxylic acids is 1. The summed E-state index contributed by atoms with van der Waals surface area (Å²) in [5.41, 5.74) is 3.43. The molecular weight excluding hydrogens is 414 g/mol. The molecule has 1 aliphatic heterocycles. The van der Waals surface area contributed by atoms with E-state index >= 15 is 0 Å². The lowest BCUT2D eigenvalue weighted by Crippen LogP contribution is -2.45. The molecule has 0 saturated carbocycles. The minimum Gasteiger partial charge on any atom is -0.489 e. The van der Waals surface area contributed by atoms with Crippen LogP contribution >= 0.6 is 0 Å². The van der Waals surface area contributed by atoms with Crippen LogP contribution in [-0.4, -0.2) is 50.6 Å². The molecule has 172 valence electrons. The average molecular weight is 446 g/mol. The van der Waals surface area contributed by atoms with Crippen LogP contribution in [0.5, 0.6) is 11.5 Å². The van der Waals surface area contributed by atoms with Gasteiger partial charge in [-0.15, -0.1) is 0 Å². The lowest BCUT2D eigenvalue weighted by atomic mass is 10.1. The molecule has 0 aliphatic carbocycles. The Morgan fingerprint density at radius 3 is 2.18 bits per heavy atom. The molecule has 1 N–H and O–H groups in total. The van der Waals surface area contributed by atoms with E-state index in [1.807, 2.05) is 60.7 Å². The van der Waals surface area contributed by atoms with Gasteiger partial charge in [0.1, 0.15) is 18.1 Å². The molecule has 0 aromatic heterocycles. The second-order valence-corrected chi connectivity index (χ2v) is 8.23. The number of hydrogen-bond acceptors (Lipinski definition) is 5. The third-order valence-corrected chi connectivity index (χ3v) is 5.75. The molecule has 0 spiro atoms. The summed E-state index contributed by atoms with van der Waals surface area (Å²) in [5, 5.41) is 2.98. The zero-order valence-electron chi connectivity index (χ0n) is 19.1. The lowest BCUT2D eigenvalue weighted by molar-refractivity contribution is -0.123. The van der Waals surface area contributed by atoms with Crippen molar-refractivity contribution < 1.29 is 14.3 Å². The molecule has 33 heavy (non-hydrogen) atoms. The Balaban J connectivity index is 1.22. The van der Waals surface area contributed by atoms with E-state index in [0.717, 1.165) is 43.1 Å². The summed E-state index contributed by atoms with van der Waals surface area (Å²) in [7, 11) is 2.15. The van der Waals surface area contributed by atoms with Crippen LogP contribution in [0.15, 0.2) is 78.9 Å². The normalized spacial score (nSPS) is 14.0. The van der Waals surface area contributed by atoms with Crippen molar-refractivity contribution in [2.24, 2.45) is 0 Å². The number of rotatable bonds is 9. The van der Waals surface area contributed by atoms with Crippen LogP contribution < -0.4 is 19.7 Å². The highest BCUT2D eigenvalue weighted by Gasteiger charge is 2.17. The highest BCUT2D eigenvalue weighted by atomic mass is 16.5. The summed E-state index contributed by atoms with van der Waals surface area (Å²) in [6.45, 7) is 5.05. The van der Waals surface area contributed by atoms with E-state index in [4.69, 9.17) is 9.47 Å². The molecule has 0 radical (unpaired) electrons. The highest BCUT2D eigenvalue weighted by Crippen LogP contribution is 2.22. The van der Waals surface area contributed by atoms with Crippen LogP contribution in [0.1, 0.15) is 11.1 Å². The van der Waals surface area contributed by atoms with E-state index in [-0.39, 0.29) is 12.5 Å². The molecule has 1 fully saturated rings. The topological polar surface area (TPSA) is 54.0 Å². The predicted octanol–water partition coefficient (Wildman–Crippen LogP) is 3.71. The molecular formula is C27H31N3O3. The van der Waals surface area contributed by atoms with Gasteiger partial charge in [-0.1, -0.05) is 48.5 Å².